The monoisotopic (exact) mass is 495 g/mol. The second-order valence-electron chi connectivity index (χ2n) is 6.25. The quantitative estimate of drug-likeness (QED) is 0.420. The number of methoxy groups -OCH3 is 3. The summed E-state index contributed by atoms with van der Waals surface area (Å²) in [4.78, 5) is 6.66. The third-order valence-corrected chi connectivity index (χ3v) is 6.37. The van der Waals surface area contributed by atoms with Crippen molar-refractivity contribution in [1.82, 2.24) is 4.68 Å². The number of benzene rings is 1. The number of halogens is 1. The van der Waals surface area contributed by atoms with Gasteiger partial charge in [-0.1, -0.05) is 0 Å². The van der Waals surface area contributed by atoms with E-state index in [9.17, 15) is 0 Å². The van der Waals surface area contributed by atoms with Gasteiger partial charge in [0, 0.05) is 17.0 Å². The molecule has 3 rings (SSSR count). The van der Waals surface area contributed by atoms with Crippen molar-refractivity contribution >= 4 is 44.8 Å². The number of ether oxygens (including phenoxy) is 3. The van der Waals surface area contributed by atoms with Crippen molar-refractivity contribution in [1.29, 1.82) is 0 Å². The molecule has 1 aromatic carbocycles. The van der Waals surface area contributed by atoms with Crippen molar-refractivity contribution in [2.75, 3.05) is 21.3 Å². The molecule has 0 fully saturated rings. The minimum Gasteiger partial charge on any atom is -0.493 e. The van der Waals surface area contributed by atoms with E-state index in [0.29, 0.717) is 17.2 Å². The van der Waals surface area contributed by atoms with Gasteiger partial charge in [-0.2, -0.15) is 5.10 Å². The van der Waals surface area contributed by atoms with E-state index in [1.165, 1.54) is 0 Å². The van der Waals surface area contributed by atoms with E-state index >= 15 is 0 Å². The summed E-state index contributed by atoms with van der Waals surface area (Å²) in [6, 6.07) is 7.99. The maximum absolute atomic E-state index is 5.44. The molecule has 3 aromatic rings. The number of hydrogen-bond acceptors (Lipinski definition) is 7. The van der Waals surface area contributed by atoms with Gasteiger partial charge in [0.25, 0.3) is 0 Å². The minimum atomic E-state index is 0.166. The van der Waals surface area contributed by atoms with Gasteiger partial charge in [-0.15, -0.1) is 22.7 Å². The van der Waals surface area contributed by atoms with Gasteiger partial charge in [0.15, 0.2) is 11.5 Å². The topological polar surface area (TPSA) is 57.3 Å². The maximum Gasteiger partial charge on any atom is 0.206 e. The molecule has 154 valence electrons. The molecule has 0 saturated heterocycles. The second kappa shape index (κ2) is 9.60. The molecule has 2 aromatic heterocycles. The van der Waals surface area contributed by atoms with Crippen LogP contribution in [0.2, 0.25) is 0 Å². The van der Waals surface area contributed by atoms with E-state index in [1.54, 1.807) is 50.2 Å². The fraction of sp³-hybridized carbons (Fsp3) is 0.300. The zero-order chi connectivity index (χ0) is 21.0. The summed E-state index contributed by atoms with van der Waals surface area (Å²) in [6.45, 7) is 4.10. The summed E-state index contributed by atoms with van der Waals surface area (Å²) in [7, 11) is 4.77. The number of thiophene rings is 1. The molecular weight excluding hydrogens is 474 g/mol. The maximum atomic E-state index is 5.44. The lowest BCUT2D eigenvalue weighted by Crippen LogP contribution is -2.14. The lowest BCUT2D eigenvalue weighted by atomic mass is 10.2. The molecule has 6 nitrogen and oxygen atoms in total. The first kappa shape index (κ1) is 21.6. The summed E-state index contributed by atoms with van der Waals surface area (Å²) < 4.78 is 19.2. The molecule has 0 aliphatic rings. The largest absolute Gasteiger partial charge is 0.493 e. The molecule has 0 bridgehead atoms. The molecule has 0 saturated carbocycles. The number of rotatable bonds is 7. The SMILES string of the molecule is COc1cc(/C=N/n2c(-c3ccc(Br)s3)csc2=NC(C)C)cc(OC)c1OC. The molecule has 0 radical (unpaired) electrons. The van der Waals surface area contributed by atoms with E-state index in [-0.39, 0.29) is 6.04 Å². The molecule has 0 unspecified atom stereocenters. The Morgan fingerprint density at radius 2 is 1.76 bits per heavy atom. The number of hydrogen-bond donors (Lipinski definition) is 0. The van der Waals surface area contributed by atoms with Gasteiger partial charge < -0.3 is 14.2 Å². The summed E-state index contributed by atoms with van der Waals surface area (Å²) in [5.41, 5.74) is 1.82. The van der Waals surface area contributed by atoms with E-state index < -0.39 is 0 Å². The van der Waals surface area contributed by atoms with Crippen molar-refractivity contribution in [3.8, 4) is 27.8 Å². The van der Waals surface area contributed by atoms with E-state index in [4.69, 9.17) is 24.3 Å². The Balaban J connectivity index is 2.10. The van der Waals surface area contributed by atoms with Gasteiger partial charge in [0.2, 0.25) is 10.6 Å². The van der Waals surface area contributed by atoms with Crippen LogP contribution in [0.1, 0.15) is 19.4 Å². The summed E-state index contributed by atoms with van der Waals surface area (Å²) in [6.07, 6.45) is 1.77. The predicted molar refractivity (Wildman–Crippen MR) is 123 cm³/mol. The van der Waals surface area contributed by atoms with E-state index in [1.807, 2.05) is 36.7 Å². The zero-order valence-corrected chi connectivity index (χ0v) is 20.0. The average molecular weight is 496 g/mol. The van der Waals surface area contributed by atoms with Gasteiger partial charge in [0.1, 0.15) is 0 Å². The van der Waals surface area contributed by atoms with Crippen molar-refractivity contribution in [2.24, 2.45) is 10.1 Å². The van der Waals surface area contributed by atoms with Crippen LogP contribution in [0.25, 0.3) is 10.6 Å². The normalized spacial score (nSPS) is 12.2. The first-order valence-electron chi connectivity index (χ1n) is 8.81. The van der Waals surface area contributed by atoms with Crippen molar-refractivity contribution < 1.29 is 14.2 Å². The molecule has 0 N–H and O–H groups in total. The van der Waals surface area contributed by atoms with Crippen molar-refractivity contribution in [3.63, 3.8) is 0 Å². The Kier molecular flexibility index (Phi) is 7.15. The van der Waals surface area contributed by atoms with Crippen LogP contribution >= 0.6 is 38.6 Å². The van der Waals surface area contributed by atoms with Crippen LogP contribution in [0.15, 0.2) is 43.5 Å². The van der Waals surface area contributed by atoms with Gasteiger partial charge >= 0.3 is 0 Å². The summed E-state index contributed by atoms with van der Waals surface area (Å²) in [5, 5.41) is 6.80. The van der Waals surface area contributed by atoms with E-state index in [2.05, 4.69) is 27.4 Å². The fourth-order valence-electron chi connectivity index (χ4n) is 2.64. The number of aromatic nitrogens is 1. The minimum absolute atomic E-state index is 0.166. The van der Waals surface area contributed by atoms with Gasteiger partial charge in [-0.05, 0) is 54.0 Å². The number of nitrogens with zero attached hydrogens (tertiary/aromatic N) is 3. The van der Waals surface area contributed by atoms with Crippen molar-refractivity contribution in [2.45, 2.75) is 19.9 Å². The van der Waals surface area contributed by atoms with Crippen LogP contribution in [-0.4, -0.2) is 38.3 Å². The molecule has 9 heteroatoms. The van der Waals surface area contributed by atoms with Gasteiger partial charge in [-0.3, -0.25) is 4.99 Å². The molecule has 29 heavy (non-hydrogen) atoms. The zero-order valence-electron chi connectivity index (χ0n) is 16.8. The highest BCUT2D eigenvalue weighted by Crippen LogP contribution is 2.38. The highest BCUT2D eigenvalue weighted by molar-refractivity contribution is 9.11. The Bertz CT molecular complexity index is 1060. The van der Waals surface area contributed by atoms with Crippen molar-refractivity contribution in [3.05, 3.63) is 43.8 Å². The molecule has 0 aliphatic heterocycles. The average Bonchev–Trinajstić information content (AvgIpc) is 3.30. The third-order valence-electron chi connectivity index (χ3n) is 3.89. The Hall–Kier alpha value is -2.10. The van der Waals surface area contributed by atoms with Crippen LogP contribution in [0.4, 0.5) is 0 Å². The van der Waals surface area contributed by atoms with Crippen LogP contribution in [0, 0.1) is 0 Å². The molecule has 0 amide bonds. The van der Waals surface area contributed by atoms with Crippen LogP contribution in [0.5, 0.6) is 17.2 Å². The third kappa shape index (κ3) is 4.91. The second-order valence-corrected chi connectivity index (χ2v) is 9.54. The van der Waals surface area contributed by atoms with Gasteiger partial charge in [0.05, 0.1) is 41.9 Å². The molecule has 0 aliphatic carbocycles. The van der Waals surface area contributed by atoms with Gasteiger partial charge in [-0.25, -0.2) is 4.68 Å². The first-order valence-corrected chi connectivity index (χ1v) is 11.3. The predicted octanol–water partition coefficient (Wildman–Crippen LogP) is 5.26. The molecule has 0 atom stereocenters. The molecule has 2 heterocycles. The lowest BCUT2D eigenvalue weighted by molar-refractivity contribution is 0.324. The van der Waals surface area contributed by atoms with Crippen LogP contribution in [0.3, 0.4) is 0 Å². The van der Waals surface area contributed by atoms with Crippen LogP contribution in [-0.2, 0) is 0 Å². The fourth-order valence-corrected chi connectivity index (χ4v) is 5.07. The Labute approximate surface area is 186 Å². The highest BCUT2D eigenvalue weighted by Gasteiger charge is 2.13. The first-order chi connectivity index (χ1) is 14.0. The molecule has 0 spiro atoms. The van der Waals surface area contributed by atoms with Crippen LogP contribution < -0.4 is 19.0 Å². The lowest BCUT2D eigenvalue weighted by Gasteiger charge is -2.12. The Morgan fingerprint density at radius 3 is 2.28 bits per heavy atom. The summed E-state index contributed by atoms with van der Waals surface area (Å²) in [5.74, 6) is 1.71. The van der Waals surface area contributed by atoms with E-state index in [0.717, 1.165) is 24.7 Å². The number of thiazole rings is 1. The highest BCUT2D eigenvalue weighted by atomic mass is 79.9. The summed E-state index contributed by atoms with van der Waals surface area (Å²) >= 11 is 6.76. The molecular formula is C20H22BrN3O3S2. The smallest absolute Gasteiger partial charge is 0.206 e. The standard InChI is InChI=1S/C20H22BrN3O3S2/c1-12(2)23-20-24(14(11-28-20)17-6-7-18(21)29-17)22-10-13-8-15(25-3)19(27-5)16(9-13)26-4/h6-12H,1-5H3/b22-10+,23-20?. The Morgan fingerprint density at radius 1 is 1.07 bits per heavy atom.